The van der Waals surface area contributed by atoms with Crippen LogP contribution in [0.2, 0.25) is 0 Å². The van der Waals surface area contributed by atoms with Gasteiger partial charge in [0.05, 0.1) is 12.5 Å². The zero-order valence-corrected chi connectivity index (χ0v) is 21.1. The molecule has 0 radical (unpaired) electrons. The summed E-state index contributed by atoms with van der Waals surface area (Å²) in [6.45, 7) is 6.06. The lowest BCUT2D eigenvalue weighted by molar-refractivity contribution is -0.138. The SMILES string of the molecule is Cc1ccccc1-c1cc([C@H](CC(=O)O)NC(=O)C(CC(C)C)n2ccccc2=O)ccc1C1CC1. The van der Waals surface area contributed by atoms with Gasteiger partial charge in [0, 0.05) is 12.3 Å². The van der Waals surface area contributed by atoms with Crippen molar-refractivity contribution < 1.29 is 14.7 Å². The fourth-order valence-corrected chi connectivity index (χ4v) is 4.83. The lowest BCUT2D eigenvalue weighted by Gasteiger charge is -2.25. The third-order valence-electron chi connectivity index (χ3n) is 6.81. The molecular weight excluding hydrogens is 452 g/mol. The summed E-state index contributed by atoms with van der Waals surface area (Å²) in [5.41, 5.74) is 5.12. The summed E-state index contributed by atoms with van der Waals surface area (Å²) in [4.78, 5) is 37.9. The minimum Gasteiger partial charge on any atom is -0.481 e. The summed E-state index contributed by atoms with van der Waals surface area (Å²) >= 11 is 0. The highest BCUT2D eigenvalue weighted by Gasteiger charge is 2.30. The second kappa shape index (κ2) is 10.9. The number of amides is 1. The number of pyridine rings is 1. The standard InChI is InChI=1S/C30H34N2O4/c1-19(2)16-27(32-15-7-6-10-28(32)33)30(36)31-26(18-29(34)35)22-13-14-24(21-11-12-21)25(17-22)23-9-5-4-8-20(23)3/h4-10,13-15,17,19,21,26-27H,11-12,16,18H2,1-3H3,(H,31,36)(H,34,35)/t26-,27?/m0/s1. The zero-order valence-electron chi connectivity index (χ0n) is 21.1. The maximum absolute atomic E-state index is 13.5. The third kappa shape index (κ3) is 5.93. The Balaban J connectivity index is 1.71. The van der Waals surface area contributed by atoms with Crippen molar-refractivity contribution >= 4 is 11.9 Å². The van der Waals surface area contributed by atoms with E-state index in [0.29, 0.717) is 12.3 Å². The Morgan fingerprint density at radius 1 is 1.03 bits per heavy atom. The van der Waals surface area contributed by atoms with E-state index in [1.807, 2.05) is 38.1 Å². The second-order valence-corrected chi connectivity index (χ2v) is 10.2. The average Bonchev–Trinajstić information content (AvgIpc) is 3.68. The van der Waals surface area contributed by atoms with Crippen LogP contribution >= 0.6 is 0 Å². The van der Waals surface area contributed by atoms with Gasteiger partial charge >= 0.3 is 5.97 Å². The molecule has 4 rings (SSSR count). The molecular formula is C30H34N2O4. The number of aliphatic carboxylic acids is 1. The number of carboxylic acid groups (broad SMARTS) is 1. The maximum atomic E-state index is 13.5. The summed E-state index contributed by atoms with van der Waals surface area (Å²) in [5.74, 6) is -0.675. The van der Waals surface area contributed by atoms with Crippen molar-refractivity contribution in [2.45, 2.75) is 64.5 Å². The van der Waals surface area contributed by atoms with Crippen LogP contribution in [0.5, 0.6) is 0 Å². The molecule has 1 amide bonds. The first-order chi connectivity index (χ1) is 17.2. The quantitative estimate of drug-likeness (QED) is 0.389. The van der Waals surface area contributed by atoms with E-state index >= 15 is 0 Å². The molecule has 1 unspecified atom stereocenters. The molecule has 1 aliphatic carbocycles. The van der Waals surface area contributed by atoms with Crippen LogP contribution in [0, 0.1) is 12.8 Å². The second-order valence-electron chi connectivity index (χ2n) is 10.2. The number of nitrogens with one attached hydrogen (secondary N) is 1. The van der Waals surface area contributed by atoms with Crippen molar-refractivity contribution in [2.75, 3.05) is 0 Å². The molecule has 0 bridgehead atoms. The lowest BCUT2D eigenvalue weighted by Crippen LogP contribution is -2.39. The molecule has 36 heavy (non-hydrogen) atoms. The van der Waals surface area contributed by atoms with Gasteiger partial charge < -0.3 is 15.0 Å². The van der Waals surface area contributed by atoms with Crippen molar-refractivity contribution in [3.63, 3.8) is 0 Å². The number of aryl methyl sites for hydroxylation is 1. The molecule has 6 nitrogen and oxygen atoms in total. The summed E-state index contributed by atoms with van der Waals surface area (Å²) in [7, 11) is 0. The maximum Gasteiger partial charge on any atom is 0.305 e. The van der Waals surface area contributed by atoms with Crippen LogP contribution < -0.4 is 10.9 Å². The summed E-state index contributed by atoms with van der Waals surface area (Å²) in [6, 6.07) is 17.6. The van der Waals surface area contributed by atoms with Gasteiger partial charge in [-0.1, -0.05) is 56.3 Å². The molecule has 1 aromatic heterocycles. The van der Waals surface area contributed by atoms with E-state index in [9.17, 15) is 19.5 Å². The molecule has 2 atom stereocenters. The first kappa shape index (κ1) is 25.4. The largest absolute Gasteiger partial charge is 0.481 e. The number of carboxylic acids is 1. The van der Waals surface area contributed by atoms with Crippen LogP contribution in [0.15, 0.2) is 71.7 Å². The van der Waals surface area contributed by atoms with Gasteiger partial charge in [-0.25, -0.2) is 0 Å². The van der Waals surface area contributed by atoms with Gasteiger partial charge in [0.25, 0.3) is 5.56 Å². The minimum atomic E-state index is -0.999. The lowest BCUT2D eigenvalue weighted by atomic mass is 9.89. The Morgan fingerprint density at radius 3 is 2.39 bits per heavy atom. The van der Waals surface area contributed by atoms with Crippen molar-refractivity contribution in [1.82, 2.24) is 9.88 Å². The van der Waals surface area contributed by atoms with Crippen LogP contribution in [0.3, 0.4) is 0 Å². The molecule has 0 saturated heterocycles. The summed E-state index contributed by atoms with van der Waals surface area (Å²) in [6.07, 6.45) is 4.12. The van der Waals surface area contributed by atoms with Gasteiger partial charge in [0.15, 0.2) is 0 Å². The Kier molecular flexibility index (Phi) is 7.73. The highest BCUT2D eigenvalue weighted by atomic mass is 16.4. The first-order valence-electron chi connectivity index (χ1n) is 12.6. The zero-order chi connectivity index (χ0) is 25.8. The predicted molar refractivity (Wildman–Crippen MR) is 141 cm³/mol. The molecule has 2 N–H and O–H groups in total. The van der Waals surface area contributed by atoms with Crippen molar-refractivity contribution in [3.05, 3.63) is 93.9 Å². The number of benzene rings is 2. The molecule has 1 heterocycles. The highest BCUT2D eigenvalue weighted by molar-refractivity contribution is 5.82. The Hall–Kier alpha value is -3.67. The Bertz CT molecular complexity index is 1310. The van der Waals surface area contributed by atoms with Gasteiger partial charge in [-0.15, -0.1) is 0 Å². The monoisotopic (exact) mass is 486 g/mol. The van der Waals surface area contributed by atoms with E-state index < -0.39 is 18.1 Å². The molecule has 1 fully saturated rings. The van der Waals surface area contributed by atoms with Crippen LogP contribution in [0.4, 0.5) is 0 Å². The van der Waals surface area contributed by atoms with Crippen LogP contribution in [0.25, 0.3) is 11.1 Å². The first-order valence-corrected chi connectivity index (χ1v) is 12.6. The molecule has 1 saturated carbocycles. The van der Waals surface area contributed by atoms with Gasteiger partial charge in [-0.2, -0.15) is 0 Å². The van der Waals surface area contributed by atoms with E-state index in [1.165, 1.54) is 16.2 Å². The minimum absolute atomic E-state index is 0.163. The predicted octanol–water partition coefficient (Wildman–Crippen LogP) is 5.62. The topological polar surface area (TPSA) is 88.4 Å². The van der Waals surface area contributed by atoms with E-state index in [4.69, 9.17) is 0 Å². The molecule has 188 valence electrons. The number of carbonyl (C=O) groups is 2. The average molecular weight is 487 g/mol. The molecule has 2 aromatic carbocycles. The van der Waals surface area contributed by atoms with Crippen molar-refractivity contribution in [1.29, 1.82) is 0 Å². The summed E-state index contributed by atoms with van der Waals surface area (Å²) < 4.78 is 1.43. The van der Waals surface area contributed by atoms with E-state index in [2.05, 4.69) is 30.4 Å². The number of hydrogen-bond donors (Lipinski definition) is 2. The number of aromatic nitrogens is 1. The Morgan fingerprint density at radius 2 is 1.75 bits per heavy atom. The number of rotatable bonds is 10. The van der Waals surface area contributed by atoms with Crippen molar-refractivity contribution in [2.24, 2.45) is 5.92 Å². The van der Waals surface area contributed by atoms with E-state index in [-0.39, 0.29) is 23.8 Å². The smallest absolute Gasteiger partial charge is 0.305 e. The van der Waals surface area contributed by atoms with Crippen LogP contribution in [0.1, 0.15) is 74.2 Å². The van der Waals surface area contributed by atoms with Crippen molar-refractivity contribution in [3.8, 4) is 11.1 Å². The fourth-order valence-electron chi connectivity index (χ4n) is 4.83. The third-order valence-corrected chi connectivity index (χ3v) is 6.81. The van der Waals surface area contributed by atoms with Gasteiger partial charge in [0.1, 0.15) is 6.04 Å². The number of hydrogen-bond acceptors (Lipinski definition) is 3. The van der Waals surface area contributed by atoms with Crippen LogP contribution in [-0.4, -0.2) is 21.6 Å². The molecule has 1 aliphatic rings. The molecule has 0 aliphatic heterocycles. The Labute approximate surface area is 212 Å². The number of carbonyl (C=O) groups excluding carboxylic acids is 1. The van der Waals surface area contributed by atoms with Gasteiger partial charge in [-0.05, 0) is 78.0 Å². The number of nitrogens with zero attached hydrogens (tertiary/aromatic N) is 1. The summed E-state index contributed by atoms with van der Waals surface area (Å²) in [5, 5.41) is 12.7. The molecule has 3 aromatic rings. The molecule has 6 heteroatoms. The van der Waals surface area contributed by atoms with Gasteiger partial charge in [0.2, 0.25) is 5.91 Å². The van der Waals surface area contributed by atoms with E-state index in [1.54, 1.807) is 18.3 Å². The fraction of sp³-hybridized carbons (Fsp3) is 0.367. The van der Waals surface area contributed by atoms with Gasteiger partial charge in [-0.3, -0.25) is 14.4 Å². The highest BCUT2D eigenvalue weighted by Crippen LogP contribution is 2.45. The molecule has 0 spiro atoms. The normalized spacial score (nSPS) is 14.9. The van der Waals surface area contributed by atoms with Crippen LogP contribution in [-0.2, 0) is 9.59 Å². The van der Waals surface area contributed by atoms with E-state index in [0.717, 1.165) is 35.1 Å².